The largest absolute Gasteiger partial charge is 0.282 e. The summed E-state index contributed by atoms with van der Waals surface area (Å²) in [4.78, 5) is 0. The Morgan fingerprint density at radius 1 is 1.26 bits per heavy atom. The number of anilines is 1. The van der Waals surface area contributed by atoms with Gasteiger partial charge in [-0.2, -0.15) is 0 Å². The molecule has 0 spiro atoms. The van der Waals surface area contributed by atoms with Gasteiger partial charge in [-0.3, -0.25) is 4.72 Å². The molecule has 0 saturated heterocycles. The zero-order valence-corrected chi connectivity index (χ0v) is 12.9. The minimum absolute atomic E-state index is 0.150. The van der Waals surface area contributed by atoms with Crippen molar-refractivity contribution < 1.29 is 12.8 Å². The van der Waals surface area contributed by atoms with Crippen LogP contribution in [0.2, 0.25) is 0 Å². The van der Waals surface area contributed by atoms with Gasteiger partial charge < -0.3 is 0 Å². The van der Waals surface area contributed by atoms with E-state index < -0.39 is 15.8 Å². The van der Waals surface area contributed by atoms with Crippen LogP contribution in [0, 0.1) is 11.7 Å². The first-order valence-electron chi connectivity index (χ1n) is 6.42. The van der Waals surface area contributed by atoms with E-state index in [2.05, 4.69) is 20.7 Å². The molecule has 0 aromatic heterocycles. The number of benzene rings is 1. The van der Waals surface area contributed by atoms with Crippen LogP contribution in [0.25, 0.3) is 0 Å². The van der Waals surface area contributed by atoms with E-state index in [0.717, 1.165) is 25.7 Å². The Morgan fingerprint density at radius 3 is 2.58 bits per heavy atom. The first-order chi connectivity index (χ1) is 8.96. The number of hydrogen-bond donors (Lipinski definition) is 1. The highest BCUT2D eigenvalue weighted by atomic mass is 79.9. The van der Waals surface area contributed by atoms with Crippen LogP contribution in [0.4, 0.5) is 10.1 Å². The molecule has 0 radical (unpaired) electrons. The van der Waals surface area contributed by atoms with Crippen molar-refractivity contribution in [3.8, 4) is 0 Å². The van der Waals surface area contributed by atoms with Gasteiger partial charge in [-0.15, -0.1) is 0 Å². The molecular formula is C13H17BrFNO2S. The average molecular weight is 350 g/mol. The fourth-order valence-electron chi connectivity index (χ4n) is 2.45. The van der Waals surface area contributed by atoms with Gasteiger partial charge in [0, 0.05) is 4.47 Å². The molecule has 106 valence electrons. The predicted octanol–water partition coefficient (Wildman–Crippen LogP) is 3.91. The number of hydrogen-bond acceptors (Lipinski definition) is 2. The SMILES string of the molecule is O=S(=O)(CC1CCCCC1)Nc1ccc(F)cc1Br. The van der Waals surface area contributed by atoms with E-state index in [1.54, 1.807) is 0 Å². The molecule has 0 amide bonds. The third-order valence-corrected chi connectivity index (χ3v) is 5.47. The van der Waals surface area contributed by atoms with Crippen molar-refractivity contribution in [3.63, 3.8) is 0 Å². The van der Waals surface area contributed by atoms with Crippen molar-refractivity contribution in [1.82, 2.24) is 0 Å². The molecule has 0 heterocycles. The third-order valence-electron chi connectivity index (χ3n) is 3.38. The first kappa shape index (κ1) is 14.8. The highest BCUT2D eigenvalue weighted by molar-refractivity contribution is 9.10. The summed E-state index contributed by atoms with van der Waals surface area (Å²) in [5, 5.41) is 0. The number of nitrogens with one attached hydrogen (secondary N) is 1. The van der Waals surface area contributed by atoms with Crippen LogP contribution in [0.1, 0.15) is 32.1 Å². The van der Waals surface area contributed by atoms with Crippen LogP contribution in [0.15, 0.2) is 22.7 Å². The summed E-state index contributed by atoms with van der Waals surface area (Å²) in [5.74, 6) is -0.0100. The van der Waals surface area contributed by atoms with Crippen molar-refractivity contribution in [2.24, 2.45) is 5.92 Å². The monoisotopic (exact) mass is 349 g/mol. The molecule has 0 bridgehead atoms. The van der Waals surface area contributed by atoms with Gasteiger partial charge in [0.1, 0.15) is 5.82 Å². The number of halogens is 2. The van der Waals surface area contributed by atoms with Crippen LogP contribution in [-0.2, 0) is 10.0 Å². The van der Waals surface area contributed by atoms with E-state index in [9.17, 15) is 12.8 Å². The minimum atomic E-state index is -3.37. The molecule has 1 N–H and O–H groups in total. The summed E-state index contributed by atoms with van der Waals surface area (Å²) in [6, 6.07) is 3.92. The molecule has 0 aliphatic heterocycles. The van der Waals surface area contributed by atoms with E-state index in [1.165, 1.54) is 24.6 Å². The molecule has 1 aliphatic rings. The second kappa shape index (κ2) is 6.22. The van der Waals surface area contributed by atoms with Crippen LogP contribution in [-0.4, -0.2) is 14.2 Å². The van der Waals surface area contributed by atoms with E-state index in [1.807, 2.05) is 0 Å². The summed E-state index contributed by atoms with van der Waals surface area (Å²) < 4.78 is 40.0. The third kappa shape index (κ3) is 4.45. The Balaban J connectivity index is 2.03. The summed E-state index contributed by atoms with van der Waals surface area (Å²) >= 11 is 3.16. The standard InChI is InChI=1S/C13H17BrFNO2S/c14-12-8-11(15)6-7-13(12)16-19(17,18)9-10-4-2-1-3-5-10/h6-8,10,16H,1-5,9H2. The lowest BCUT2D eigenvalue weighted by atomic mass is 9.91. The lowest BCUT2D eigenvalue weighted by Crippen LogP contribution is -2.24. The van der Waals surface area contributed by atoms with Crippen molar-refractivity contribution in [2.75, 3.05) is 10.5 Å². The summed E-state index contributed by atoms with van der Waals surface area (Å²) in [5.41, 5.74) is 0.386. The first-order valence-corrected chi connectivity index (χ1v) is 8.86. The smallest absolute Gasteiger partial charge is 0.233 e. The summed E-state index contributed by atoms with van der Waals surface area (Å²) in [7, 11) is -3.37. The van der Waals surface area contributed by atoms with Crippen molar-refractivity contribution in [2.45, 2.75) is 32.1 Å². The molecule has 1 saturated carbocycles. The predicted molar refractivity (Wildman–Crippen MR) is 78.1 cm³/mol. The zero-order valence-electron chi connectivity index (χ0n) is 10.5. The van der Waals surface area contributed by atoms with Gasteiger partial charge in [-0.1, -0.05) is 19.3 Å². The molecule has 0 unspecified atom stereocenters. The molecular weight excluding hydrogens is 333 g/mol. The van der Waals surface area contributed by atoms with E-state index in [0.29, 0.717) is 10.2 Å². The lowest BCUT2D eigenvalue weighted by molar-refractivity contribution is 0.385. The number of sulfonamides is 1. The Morgan fingerprint density at radius 2 is 1.95 bits per heavy atom. The average Bonchev–Trinajstić information content (AvgIpc) is 2.33. The van der Waals surface area contributed by atoms with E-state index >= 15 is 0 Å². The maximum absolute atomic E-state index is 12.9. The van der Waals surface area contributed by atoms with E-state index in [-0.39, 0.29) is 11.7 Å². The van der Waals surface area contributed by atoms with Crippen molar-refractivity contribution >= 4 is 31.6 Å². The summed E-state index contributed by atoms with van der Waals surface area (Å²) in [6.07, 6.45) is 5.38. The van der Waals surface area contributed by atoms with Crippen LogP contribution in [0.3, 0.4) is 0 Å². The Hall–Kier alpha value is -0.620. The minimum Gasteiger partial charge on any atom is -0.282 e. The Bertz CT molecular complexity index is 542. The molecule has 19 heavy (non-hydrogen) atoms. The maximum atomic E-state index is 12.9. The molecule has 1 fully saturated rings. The maximum Gasteiger partial charge on any atom is 0.233 e. The van der Waals surface area contributed by atoms with Gasteiger partial charge in [-0.25, -0.2) is 12.8 Å². The van der Waals surface area contributed by atoms with Gasteiger partial charge in [0.05, 0.1) is 11.4 Å². The lowest BCUT2D eigenvalue weighted by Gasteiger charge is -2.21. The molecule has 2 rings (SSSR count). The molecule has 6 heteroatoms. The van der Waals surface area contributed by atoms with Gasteiger partial charge in [0.2, 0.25) is 10.0 Å². The molecule has 1 aromatic rings. The zero-order chi connectivity index (χ0) is 13.9. The Labute approximate surface area is 121 Å². The number of rotatable bonds is 4. The van der Waals surface area contributed by atoms with E-state index in [4.69, 9.17) is 0 Å². The topological polar surface area (TPSA) is 46.2 Å². The molecule has 1 aliphatic carbocycles. The highest BCUT2D eigenvalue weighted by Crippen LogP contribution is 2.27. The van der Waals surface area contributed by atoms with Gasteiger partial charge in [-0.05, 0) is 52.9 Å². The molecule has 0 atom stereocenters. The van der Waals surface area contributed by atoms with Crippen LogP contribution in [0.5, 0.6) is 0 Å². The summed E-state index contributed by atoms with van der Waals surface area (Å²) in [6.45, 7) is 0. The Kier molecular flexibility index (Phi) is 4.84. The van der Waals surface area contributed by atoms with Gasteiger partial charge >= 0.3 is 0 Å². The normalized spacial score (nSPS) is 17.4. The molecule has 3 nitrogen and oxygen atoms in total. The fraction of sp³-hybridized carbons (Fsp3) is 0.538. The quantitative estimate of drug-likeness (QED) is 0.895. The second-order valence-electron chi connectivity index (χ2n) is 5.01. The van der Waals surface area contributed by atoms with Crippen LogP contribution >= 0.6 is 15.9 Å². The second-order valence-corrected chi connectivity index (χ2v) is 7.63. The van der Waals surface area contributed by atoms with Gasteiger partial charge in [0.25, 0.3) is 0 Å². The molecule has 1 aromatic carbocycles. The van der Waals surface area contributed by atoms with Gasteiger partial charge in [0.15, 0.2) is 0 Å². The van der Waals surface area contributed by atoms with Crippen molar-refractivity contribution in [3.05, 3.63) is 28.5 Å². The fourth-order valence-corrected chi connectivity index (χ4v) is 4.58. The van der Waals surface area contributed by atoms with Crippen molar-refractivity contribution in [1.29, 1.82) is 0 Å². The van der Waals surface area contributed by atoms with Crippen LogP contribution < -0.4 is 4.72 Å². The highest BCUT2D eigenvalue weighted by Gasteiger charge is 2.21.